The molecule has 2 aromatic heterocycles. The van der Waals surface area contributed by atoms with Gasteiger partial charge in [-0.05, 0) is 22.0 Å². The van der Waals surface area contributed by atoms with E-state index in [1.54, 1.807) is 17.7 Å². The molecule has 0 unspecified atom stereocenters. The lowest BCUT2D eigenvalue weighted by Crippen LogP contribution is -2.26. The molecular weight excluding hydrogens is 312 g/mol. The Bertz CT molecular complexity index is 555. The highest BCUT2D eigenvalue weighted by molar-refractivity contribution is 9.10. The molecule has 0 aromatic carbocycles. The Balaban J connectivity index is 1.76. The van der Waals surface area contributed by atoms with Crippen LogP contribution in [0.25, 0.3) is 0 Å². The van der Waals surface area contributed by atoms with Crippen molar-refractivity contribution in [3.63, 3.8) is 0 Å². The molecule has 0 spiro atoms. The zero-order valence-electron chi connectivity index (χ0n) is 9.74. The van der Waals surface area contributed by atoms with Gasteiger partial charge in [-0.3, -0.25) is 0 Å². The fourth-order valence-corrected chi connectivity index (χ4v) is 3.43. The van der Waals surface area contributed by atoms with E-state index in [0.717, 1.165) is 36.3 Å². The molecule has 0 aliphatic carbocycles. The van der Waals surface area contributed by atoms with Gasteiger partial charge in [0.15, 0.2) is 0 Å². The van der Waals surface area contributed by atoms with Gasteiger partial charge >= 0.3 is 0 Å². The molecule has 1 aliphatic heterocycles. The van der Waals surface area contributed by atoms with Gasteiger partial charge in [0.05, 0.1) is 12.2 Å². The summed E-state index contributed by atoms with van der Waals surface area (Å²) in [5.74, 6) is 0.955. The van der Waals surface area contributed by atoms with Crippen molar-refractivity contribution in [2.75, 3.05) is 11.9 Å². The highest BCUT2D eigenvalue weighted by Gasteiger charge is 2.14. The predicted octanol–water partition coefficient (Wildman–Crippen LogP) is 2.56. The number of nitrogens with zero attached hydrogens (tertiary/aromatic N) is 2. The van der Waals surface area contributed by atoms with Gasteiger partial charge < -0.3 is 10.6 Å². The standard InChI is InChI=1S/C12H13BrN4S/c13-8-3-9(18-6-8)4-15-12-10-5-14-2-1-11(10)16-7-17-12/h3,6-7,14H,1-2,4-5H2,(H,15,16,17). The number of aromatic nitrogens is 2. The molecule has 0 saturated carbocycles. The summed E-state index contributed by atoms with van der Waals surface area (Å²) in [7, 11) is 0. The number of nitrogens with one attached hydrogen (secondary N) is 2. The van der Waals surface area contributed by atoms with Gasteiger partial charge in [-0.2, -0.15) is 0 Å². The first-order valence-corrected chi connectivity index (χ1v) is 7.50. The molecule has 2 aromatic rings. The summed E-state index contributed by atoms with van der Waals surface area (Å²) >= 11 is 5.20. The van der Waals surface area contributed by atoms with Gasteiger partial charge in [0, 0.05) is 39.8 Å². The summed E-state index contributed by atoms with van der Waals surface area (Å²) in [6.45, 7) is 2.66. The Morgan fingerprint density at radius 3 is 3.22 bits per heavy atom. The summed E-state index contributed by atoms with van der Waals surface area (Å²) in [4.78, 5) is 9.98. The normalized spacial score (nSPS) is 14.3. The van der Waals surface area contributed by atoms with Crippen LogP contribution in [-0.2, 0) is 19.5 Å². The molecular formula is C12H13BrN4S. The second-order valence-corrected chi connectivity index (χ2v) is 6.07. The van der Waals surface area contributed by atoms with Gasteiger partial charge in [-0.25, -0.2) is 9.97 Å². The number of thiophene rings is 1. The Morgan fingerprint density at radius 2 is 2.39 bits per heavy atom. The van der Waals surface area contributed by atoms with E-state index in [1.807, 2.05) is 0 Å². The molecule has 0 fully saturated rings. The molecule has 2 N–H and O–H groups in total. The van der Waals surface area contributed by atoms with Crippen LogP contribution in [0, 0.1) is 0 Å². The van der Waals surface area contributed by atoms with Crippen LogP contribution in [-0.4, -0.2) is 16.5 Å². The van der Waals surface area contributed by atoms with E-state index in [1.165, 1.54) is 16.1 Å². The minimum absolute atomic E-state index is 0.805. The maximum atomic E-state index is 4.34. The number of hydrogen-bond donors (Lipinski definition) is 2. The molecule has 18 heavy (non-hydrogen) atoms. The van der Waals surface area contributed by atoms with E-state index in [-0.39, 0.29) is 0 Å². The van der Waals surface area contributed by atoms with Crippen LogP contribution in [0.1, 0.15) is 16.1 Å². The SMILES string of the molecule is Brc1csc(CNc2ncnc3c2CNCC3)c1. The van der Waals surface area contributed by atoms with Crippen LogP contribution in [0.2, 0.25) is 0 Å². The third kappa shape index (κ3) is 2.55. The molecule has 0 radical (unpaired) electrons. The molecule has 4 nitrogen and oxygen atoms in total. The van der Waals surface area contributed by atoms with Gasteiger partial charge in [0.25, 0.3) is 0 Å². The third-order valence-electron chi connectivity index (χ3n) is 2.93. The van der Waals surface area contributed by atoms with E-state index < -0.39 is 0 Å². The highest BCUT2D eigenvalue weighted by atomic mass is 79.9. The zero-order chi connectivity index (χ0) is 12.4. The summed E-state index contributed by atoms with van der Waals surface area (Å²) in [6, 6.07) is 2.13. The molecule has 0 amide bonds. The summed E-state index contributed by atoms with van der Waals surface area (Å²) in [6.07, 6.45) is 2.63. The Hall–Kier alpha value is -0.980. The van der Waals surface area contributed by atoms with Crippen LogP contribution < -0.4 is 10.6 Å². The smallest absolute Gasteiger partial charge is 0.134 e. The average molecular weight is 325 g/mol. The molecule has 6 heteroatoms. The topological polar surface area (TPSA) is 49.8 Å². The summed E-state index contributed by atoms with van der Waals surface area (Å²) in [5, 5.41) is 8.85. The fourth-order valence-electron chi connectivity index (χ4n) is 2.04. The van der Waals surface area contributed by atoms with Crippen molar-refractivity contribution in [2.24, 2.45) is 0 Å². The van der Waals surface area contributed by atoms with Crippen molar-refractivity contribution in [3.05, 3.63) is 38.4 Å². The molecule has 3 heterocycles. The monoisotopic (exact) mass is 324 g/mol. The number of rotatable bonds is 3. The Labute approximate surface area is 118 Å². The number of fused-ring (bicyclic) bond motifs is 1. The van der Waals surface area contributed by atoms with Crippen LogP contribution in [0.5, 0.6) is 0 Å². The maximum absolute atomic E-state index is 4.34. The highest BCUT2D eigenvalue weighted by Crippen LogP contribution is 2.22. The van der Waals surface area contributed by atoms with Crippen LogP contribution >= 0.6 is 27.3 Å². The largest absolute Gasteiger partial charge is 0.365 e. The first-order valence-electron chi connectivity index (χ1n) is 5.83. The lowest BCUT2D eigenvalue weighted by atomic mass is 10.1. The van der Waals surface area contributed by atoms with Crippen molar-refractivity contribution in [2.45, 2.75) is 19.5 Å². The number of halogens is 1. The second kappa shape index (κ2) is 5.34. The van der Waals surface area contributed by atoms with E-state index >= 15 is 0 Å². The van der Waals surface area contributed by atoms with E-state index in [9.17, 15) is 0 Å². The lowest BCUT2D eigenvalue weighted by Gasteiger charge is -2.18. The lowest BCUT2D eigenvalue weighted by molar-refractivity contribution is 0.627. The molecule has 94 valence electrons. The second-order valence-electron chi connectivity index (χ2n) is 4.16. The van der Waals surface area contributed by atoms with Crippen molar-refractivity contribution in [3.8, 4) is 0 Å². The van der Waals surface area contributed by atoms with Crippen LogP contribution in [0.15, 0.2) is 22.2 Å². The van der Waals surface area contributed by atoms with Crippen molar-refractivity contribution >= 4 is 33.1 Å². The van der Waals surface area contributed by atoms with Gasteiger partial charge in [-0.15, -0.1) is 11.3 Å². The Kier molecular flexibility index (Phi) is 3.58. The molecule has 0 bridgehead atoms. The van der Waals surface area contributed by atoms with Gasteiger partial charge in [0.1, 0.15) is 12.1 Å². The first-order chi connectivity index (χ1) is 8.83. The van der Waals surface area contributed by atoms with Gasteiger partial charge in [0.2, 0.25) is 0 Å². The third-order valence-corrected chi connectivity index (χ3v) is 4.62. The maximum Gasteiger partial charge on any atom is 0.134 e. The molecule has 0 atom stereocenters. The molecule has 1 aliphatic rings. The van der Waals surface area contributed by atoms with Crippen molar-refractivity contribution in [1.82, 2.24) is 15.3 Å². The van der Waals surface area contributed by atoms with E-state index in [2.05, 4.69) is 48.0 Å². The predicted molar refractivity (Wildman–Crippen MR) is 76.8 cm³/mol. The first kappa shape index (κ1) is 12.1. The minimum Gasteiger partial charge on any atom is -0.365 e. The summed E-state index contributed by atoms with van der Waals surface area (Å²) in [5.41, 5.74) is 2.37. The molecule has 3 rings (SSSR count). The fraction of sp³-hybridized carbons (Fsp3) is 0.333. The van der Waals surface area contributed by atoms with E-state index in [0.29, 0.717) is 0 Å². The Morgan fingerprint density at radius 1 is 1.44 bits per heavy atom. The quantitative estimate of drug-likeness (QED) is 0.911. The molecule has 0 saturated heterocycles. The summed E-state index contributed by atoms with van der Waals surface area (Å²) < 4.78 is 1.13. The van der Waals surface area contributed by atoms with Crippen LogP contribution in [0.3, 0.4) is 0 Å². The zero-order valence-corrected chi connectivity index (χ0v) is 12.1. The van der Waals surface area contributed by atoms with Crippen LogP contribution in [0.4, 0.5) is 5.82 Å². The number of anilines is 1. The van der Waals surface area contributed by atoms with Gasteiger partial charge in [-0.1, -0.05) is 0 Å². The van der Waals surface area contributed by atoms with Crippen molar-refractivity contribution in [1.29, 1.82) is 0 Å². The number of hydrogen-bond acceptors (Lipinski definition) is 5. The average Bonchev–Trinajstić information content (AvgIpc) is 2.82. The van der Waals surface area contributed by atoms with Crippen molar-refractivity contribution < 1.29 is 0 Å². The minimum atomic E-state index is 0.805. The van der Waals surface area contributed by atoms with E-state index in [4.69, 9.17) is 0 Å².